The minimum atomic E-state index is -1.13. The molecule has 0 radical (unpaired) electrons. The number of halogens is 1. The second-order valence-corrected chi connectivity index (χ2v) is 4.21. The number of anilines is 2. The molecule has 0 amide bonds. The van der Waals surface area contributed by atoms with Gasteiger partial charge in [0.1, 0.15) is 0 Å². The Morgan fingerprint density at radius 3 is 2.65 bits per heavy atom. The van der Waals surface area contributed by atoms with E-state index < -0.39 is 5.97 Å². The van der Waals surface area contributed by atoms with Gasteiger partial charge in [-0.25, -0.2) is 4.79 Å². The summed E-state index contributed by atoms with van der Waals surface area (Å²) in [5.74, 6) is -1.13. The summed E-state index contributed by atoms with van der Waals surface area (Å²) in [4.78, 5) is 13.9. The quantitative estimate of drug-likeness (QED) is 0.483. The van der Waals surface area contributed by atoms with Crippen molar-refractivity contribution >= 4 is 34.6 Å². The van der Waals surface area contributed by atoms with Crippen LogP contribution in [0.4, 0.5) is 17.1 Å². The van der Waals surface area contributed by atoms with E-state index in [1.54, 1.807) is 24.3 Å². The summed E-state index contributed by atoms with van der Waals surface area (Å²) >= 11 is 6.02. The molecule has 0 saturated heterocycles. The van der Waals surface area contributed by atoms with Crippen LogP contribution in [0, 0.1) is 0 Å². The van der Waals surface area contributed by atoms with Crippen LogP contribution in [0.2, 0.25) is 5.02 Å². The second-order valence-electron chi connectivity index (χ2n) is 3.80. The fraction of sp³-hybridized carbons (Fsp3) is 0. The number of aromatic carboxylic acids is 1. The standard InChI is InChI=1S/C13H9ClN4O2/c14-9-5-1-2-6-10(9)16-12-8(13(19)20)4-3-7-11(12)17-18-15/h1-7,16H,(H,19,20). The normalized spacial score (nSPS) is 9.65. The second kappa shape index (κ2) is 5.97. The van der Waals surface area contributed by atoms with Gasteiger partial charge >= 0.3 is 5.97 Å². The number of rotatable bonds is 4. The number of carbonyl (C=O) groups is 1. The molecular weight excluding hydrogens is 280 g/mol. The largest absolute Gasteiger partial charge is 0.478 e. The van der Waals surface area contributed by atoms with Crippen molar-refractivity contribution in [2.24, 2.45) is 5.11 Å². The number of hydrogen-bond acceptors (Lipinski definition) is 3. The van der Waals surface area contributed by atoms with E-state index in [2.05, 4.69) is 15.3 Å². The van der Waals surface area contributed by atoms with E-state index in [1.807, 2.05) is 0 Å². The van der Waals surface area contributed by atoms with E-state index >= 15 is 0 Å². The summed E-state index contributed by atoms with van der Waals surface area (Å²) in [6.45, 7) is 0. The average molecular weight is 289 g/mol. The number of carboxylic acid groups (broad SMARTS) is 1. The molecule has 0 atom stereocenters. The number of para-hydroxylation sites is 2. The zero-order valence-corrected chi connectivity index (χ0v) is 10.9. The molecule has 0 unspecified atom stereocenters. The van der Waals surface area contributed by atoms with Crippen LogP contribution in [0.5, 0.6) is 0 Å². The van der Waals surface area contributed by atoms with Crippen molar-refractivity contribution in [3.63, 3.8) is 0 Å². The highest BCUT2D eigenvalue weighted by Gasteiger charge is 2.14. The minimum Gasteiger partial charge on any atom is -0.478 e. The number of carboxylic acids is 1. The molecule has 0 heterocycles. The Morgan fingerprint density at radius 2 is 2.00 bits per heavy atom. The maximum absolute atomic E-state index is 11.2. The van der Waals surface area contributed by atoms with Gasteiger partial charge in [0, 0.05) is 4.91 Å². The van der Waals surface area contributed by atoms with Crippen LogP contribution in [-0.4, -0.2) is 11.1 Å². The SMILES string of the molecule is [N-]=[N+]=Nc1cccc(C(=O)O)c1Nc1ccccc1Cl. The summed E-state index contributed by atoms with van der Waals surface area (Å²) in [7, 11) is 0. The maximum Gasteiger partial charge on any atom is 0.337 e. The van der Waals surface area contributed by atoms with Crippen LogP contribution in [0.3, 0.4) is 0 Å². The van der Waals surface area contributed by atoms with Crippen molar-refractivity contribution in [1.82, 2.24) is 0 Å². The maximum atomic E-state index is 11.2. The highest BCUT2D eigenvalue weighted by Crippen LogP contribution is 2.34. The third-order valence-electron chi connectivity index (χ3n) is 2.56. The Bertz CT molecular complexity index is 691. The summed E-state index contributed by atoms with van der Waals surface area (Å²) < 4.78 is 0. The molecule has 0 fully saturated rings. The highest BCUT2D eigenvalue weighted by atomic mass is 35.5. The lowest BCUT2D eigenvalue weighted by Crippen LogP contribution is -2.03. The van der Waals surface area contributed by atoms with Gasteiger partial charge < -0.3 is 10.4 Å². The molecule has 0 aromatic heterocycles. The molecule has 7 heteroatoms. The minimum absolute atomic E-state index is 0.00480. The van der Waals surface area contributed by atoms with Crippen LogP contribution in [0.25, 0.3) is 10.4 Å². The van der Waals surface area contributed by atoms with Crippen molar-refractivity contribution < 1.29 is 9.90 Å². The van der Waals surface area contributed by atoms with Gasteiger partial charge in [0.2, 0.25) is 0 Å². The van der Waals surface area contributed by atoms with Crippen LogP contribution in [-0.2, 0) is 0 Å². The first-order valence-electron chi connectivity index (χ1n) is 5.56. The summed E-state index contributed by atoms with van der Waals surface area (Å²) in [6, 6.07) is 11.3. The molecule has 100 valence electrons. The van der Waals surface area contributed by atoms with Gasteiger partial charge in [0.25, 0.3) is 0 Å². The first-order valence-corrected chi connectivity index (χ1v) is 5.94. The Kier molecular flexibility index (Phi) is 4.10. The average Bonchev–Trinajstić information content (AvgIpc) is 2.43. The van der Waals surface area contributed by atoms with Crippen LogP contribution in [0.1, 0.15) is 10.4 Å². The molecule has 0 saturated carbocycles. The molecule has 2 aromatic carbocycles. The molecule has 0 bridgehead atoms. The van der Waals surface area contributed by atoms with E-state index in [-0.39, 0.29) is 16.9 Å². The molecule has 0 aliphatic heterocycles. The smallest absolute Gasteiger partial charge is 0.337 e. The molecular formula is C13H9ClN4O2. The predicted molar refractivity (Wildman–Crippen MR) is 76.9 cm³/mol. The number of nitrogens with zero attached hydrogens (tertiary/aromatic N) is 3. The van der Waals surface area contributed by atoms with Crippen LogP contribution in [0.15, 0.2) is 47.6 Å². The van der Waals surface area contributed by atoms with Gasteiger partial charge in [-0.15, -0.1) is 0 Å². The third-order valence-corrected chi connectivity index (χ3v) is 2.89. The Morgan fingerprint density at radius 1 is 1.25 bits per heavy atom. The lowest BCUT2D eigenvalue weighted by molar-refractivity contribution is 0.0698. The molecule has 20 heavy (non-hydrogen) atoms. The highest BCUT2D eigenvalue weighted by molar-refractivity contribution is 6.33. The van der Waals surface area contributed by atoms with E-state index in [0.29, 0.717) is 10.7 Å². The summed E-state index contributed by atoms with van der Waals surface area (Å²) in [5.41, 5.74) is 9.46. The summed E-state index contributed by atoms with van der Waals surface area (Å²) in [6.07, 6.45) is 0. The van der Waals surface area contributed by atoms with Crippen molar-refractivity contribution in [1.29, 1.82) is 0 Å². The molecule has 2 rings (SSSR count). The van der Waals surface area contributed by atoms with Crippen molar-refractivity contribution in [2.75, 3.05) is 5.32 Å². The first kappa shape index (κ1) is 13.7. The number of azide groups is 1. The number of nitrogens with one attached hydrogen (secondary N) is 1. The lowest BCUT2D eigenvalue weighted by atomic mass is 10.1. The van der Waals surface area contributed by atoms with Gasteiger partial charge in [-0.3, -0.25) is 0 Å². The zero-order chi connectivity index (χ0) is 14.5. The number of hydrogen-bond donors (Lipinski definition) is 2. The first-order chi connectivity index (χ1) is 9.63. The van der Waals surface area contributed by atoms with E-state index in [0.717, 1.165) is 0 Å². The van der Waals surface area contributed by atoms with Crippen LogP contribution < -0.4 is 5.32 Å². The van der Waals surface area contributed by atoms with Gasteiger partial charge in [0.05, 0.1) is 27.6 Å². The Balaban J connectivity index is 2.56. The monoisotopic (exact) mass is 288 g/mol. The van der Waals surface area contributed by atoms with Crippen molar-refractivity contribution in [2.45, 2.75) is 0 Å². The van der Waals surface area contributed by atoms with Crippen molar-refractivity contribution in [3.8, 4) is 0 Å². The number of benzene rings is 2. The van der Waals surface area contributed by atoms with Crippen LogP contribution >= 0.6 is 11.6 Å². The van der Waals surface area contributed by atoms with Crippen molar-refractivity contribution in [3.05, 3.63) is 63.5 Å². The van der Waals surface area contributed by atoms with Gasteiger partial charge in [-0.2, -0.15) is 0 Å². The Labute approximate surface area is 119 Å². The fourth-order valence-corrected chi connectivity index (χ4v) is 1.86. The molecule has 2 aromatic rings. The fourth-order valence-electron chi connectivity index (χ4n) is 1.68. The predicted octanol–water partition coefficient (Wildman–Crippen LogP) is 4.72. The topological polar surface area (TPSA) is 98.1 Å². The van der Waals surface area contributed by atoms with Gasteiger partial charge in [-0.1, -0.05) is 41.0 Å². The lowest BCUT2D eigenvalue weighted by Gasteiger charge is -2.13. The molecule has 2 N–H and O–H groups in total. The van der Waals surface area contributed by atoms with Gasteiger partial charge in [-0.05, 0) is 23.7 Å². The molecule has 0 aliphatic rings. The van der Waals surface area contributed by atoms with E-state index in [4.69, 9.17) is 17.1 Å². The van der Waals surface area contributed by atoms with E-state index in [1.165, 1.54) is 18.2 Å². The summed E-state index contributed by atoms with van der Waals surface area (Å²) in [5, 5.41) is 16.0. The molecule has 0 aliphatic carbocycles. The Hall–Kier alpha value is -2.69. The zero-order valence-electron chi connectivity index (χ0n) is 10.1. The van der Waals surface area contributed by atoms with Gasteiger partial charge in [0.15, 0.2) is 0 Å². The molecule has 0 spiro atoms. The third kappa shape index (κ3) is 2.83. The van der Waals surface area contributed by atoms with E-state index in [9.17, 15) is 9.90 Å². The molecule has 6 nitrogen and oxygen atoms in total.